The van der Waals surface area contributed by atoms with Crippen LogP contribution in [0.2, 0.25) is 0 Å². The van der Waals surface area contributed by atoms with Crippen molar-refractivity contribution in [1.29, 1.82) is 0 Å². The van der Waals surface area contributed by atoms with Crippen molar-refractivity contribution in [3.63, 3.8) is 0 Å². The topological polar surface area (TPSA) is 56.7 Å². The first-order valence-corrected chi connectivity index (χ1v) is 11.2. The molecule has 0 spiro atoms. The van der Waals surface area contributed by atoms with Gasteiger partial charge in [0, 0.05) is 39.6 Å². The Morgan fingerprint density at radius 2 is 1.90 bits per heavy atom. The van der Waals surface area contributed by atoms with E-state index in [1.165, 1.54) is 18.4 Å². The monoisotopic (exact) mass is 400 g/mol. The van der Waals surface area contributed by atoms with Crippen molar-refractivity contribution in [2.45, 2.75) is 59.3 Å². The summed E-state index contributed by atoms with van der Waals surface area (Å²) in [6, 6.07) is 10.7. The van der Waals surface area contributed by atoms with Crippen molar-refractivity contribution in [2.24, 2.45) is 16.3 Å². The van der Waals surface area contributed by atoms with Gasteiger partial charge in [0.1, 0.15) is 0 Å². The Kier molecular flexibility index (Phi) is 9.49. The number of nitrogens with one attached hydrogen (secondary N) is 2. The molecule has 2 rings (SSSR count). The number of aliphatic imine (C=N–C) groups is 1. The molecule has 0 aliphatic carbocycles. The van der Waals surface area contributed by atoms with Gasteiger partial charge in [-0.15, -0.1) is 0 Å². The van der Waals surface area contributed by atoms with Crippen LogP contribution in [-0.4, -0.2) is 50.0 Å². The second kappa shape index (κ2) is 11.8. The highest BCUT2D eigenvalue weighted by atomic mass is 16.1. The summed E-state index contributed by atoms with van der Waals surface area (Å²) in [4.78, 5) is 19.0. The molecule has 0 radical (unpaired) electrons. The Bertz CT molecular complexity index is 634. The van der Waals surface area contributed by atoms with Gasteiger partial charge in [0.25, 0.3) is 0 Å². The first kappa shape index (κ1) is 23.2. The molecule has 0 bridgehead atoms. The Balaban J connectivity index is 1.83. The van der Waals surface area contributed by atoms with Crippen molar-refractivity contribution >= 4 is 11.9 Å². The summed E-state index contributed by atoms with van der Waals surface area (Å²) < 4.78 is 0. The number of aryl methyl sites for hydroxylation is 1. The van der Waals surface area contributed by atoms with Gasteiger partial charge in [0.05, 0.1) is 0 Å². The van der Waals surface area contributed by atoms with Crippen molar-refractivity contribution < 1.29 is 4.79 Å². The van der Waals surface area contributed by atoms with E-state index < -0.39 is 0 Å². The molecule has 1 aromatic rings. The van der Waals surface area contributed by atoms with Gasteiger partial charge in [-0.2, -0.15) is 0 Å². The number of rotatable bonds is 9. The number of carbonyl (C=O) groups excluding carboxylic acids is 1. The molecule has 29 heavy (non-hydrogen) atoms. The lowest BCUT2D eigenvalue weighted by molar-refractivity contribution is -0.121. The largest absolute Gasteiger partial charge is 0.359 e. The van der Waals surface area contributed by atoms with Gasteiger partial charge in [-0.05, 0) is 55.9 Å². The Hall–Kier alpha value is -2.04. The van der Waals surface area contributed by atoms with Crippen LogP contribution in [0.1, 0.15) is 58.4 Å². The molecular weight excluding hydrogens is 360 g/mol. The second-order valence-electron chi connectivity index (χ2n) is 8.98. The minimum absolute atomic E-state index is 0.154. The number of piperidine rings is 1. The molecule has 1 saturated heterocycles. The van der Waals surface area contributed by atoms with E-state index in [0.717, 1.165) is 51.4 Å². The third-order valence-electron chi connectivity index (χ3n) is 5.82. The Morgan fingerprint density at radius 3 is 2.52 bits per heavy atom. The quantitative estimate of drug-likeness (QED) is 0.489. The van der Waals surface area contributed by atoms with Crippen LogP contribution in [0.15, 0.2) is 35.3 Å². The van der Waals surface area contributed by atoms with Gasteiger partial charge in [0.2, 0.25) is 5.91 Å². The van der Waals surface area contributed by atoms with E-state index in [1.807, 2.05) is 0 Å². The van der Waals surface area contributed by atoms with Gasteiger partial charge in [-0.3, -0.25) is 9.79 Å². The fourth-order valence-electron chi connectivity index (χ4n) is 3.92. The zero-order valence-electron chi connectivity index (χ0n) is 18.8. The number of hydrogen-bond acceptors (Lipinski definition) is 2. The van der Waals surface area contributed by atoms with E-state index in [0.29, 0.717) is 12.3 Å². The normalized spacial score (nSPS) is 16.0. The zero-order chi connectivity index (χ0) is 21.1. The van der Waals surface area contributed by atoms with Gasteiger partial charge in [-0.1, -0.05) is 44.2 Å². The van der Waals surface area contributed by atoms with E-state index in [1.54, 1.807) is 7.05 Å². The molecule has 0 atom stereocenters. The summed E-state index contributed by atoms with van der Waals surface area (Å²) in [6.45, 7) is 10.4. The SMILES string of the molecule is CCNC(=NCC(C)(C)CCCc1ccccc1)N1CCC(CC(=O)NC)CC1. The number of carbonyl (C=O) groups is 1. The average molecular weight is 401 g/mol. The van der Waals surface area contributed by atoms with E-state index in [4.69, 9.17) is 4.99 Å². The fourth-order valence-corrected chi connectivity index (χ4v) is 3.92. The molecule has 162 valence electrons. The minimum Gasteiger partial charge on any atom is -0.359 e. The number of amides is 1. The lowest BCUT2D eigenvalue weighted by atomic mass is 9.86. The minimum atomic E-state index is 0.154. The average Bonchev–Trinajstić information content (AvgIpc) is 2.72. The van der Waals surface area contributed by atoms with Crippen LogP contribution in [0.5, 0.6) is 0 Å². The van der Waals surface area contributed by atoms with E-state index in [2.05, 4.69) is 66.6 Å². The van der Waals surface area contributed by atoms with E-state index >= 15 is 0 Å². The van der Waals surface area contributed by atoms with Gasteiger partial charge < -0.3 is 15.5 Å². The zero-order valence-corrected chi connectivity index (χ0v) is 18.8. The Morgan fingerprint density at radius 1 is 1.21 bits per heavy atom. The predicted octanol–water partition coefficient (Wildman–Crippen LogP) is 3.85. The standard InChI is InChI=1S/C24H40N4O/c1-5-26-23(28-16-13-21(14-17-28)18-22(29)25-4)27-19-24(2,3)15-9-12-20-10-7-6-8-11-20/h6-8,10-11,21H,5,9,12-19H2,1-4H3,(H,25,29)(H,26,27). The maximum absolute atomic E-state index is 11.6. The number of nitrogens with zero attached hydrogens (tertiary/aromatic N) is 2. The van der Waals surface area contributed by atoms with Crippen LogP contribution < -0.4 is 10.6 Å². The summed E-state index contributed by atoms with van der Waals surface area (Å²) >= 11 is 0. The van der Waals surface area contributed by atoms with Crippen LogP contribution in [0, 0.1) is 11.3 Å². The highest BCUT2D eigenvalue weighted by Crippen LogP contribution is 2.25. The lowest BCUT2D eigenvalue weighted by Crippen LogP contribution is -2.46. The van der Waals surface area contributed by atoms with Crippen molar-refractivity contribution in [1.82, 2.24) is 15.5 Å². The first-order valence-electron chi connectivity index (χ1n) is 11.2. The molecule has 0 unspecified atom stereocenters. The van der Waals surface area contributed by atoms with Crippen LogP contribution in [0.4, 0.5) is 0 Å². The molecule has 1 amide bonds. The molecule has 1 fully saturated rings. The highest BCUT2D eigenvalue weighted by Gasteiger charge is 2.24. The molecule has 0 saturated carbocycles. The number of benzene rings is 1. The van der Waals surface area contributed by atoms with E-state index in [9.17, 15) is 4.79 Å². The number of hydrogen-bond donors (Lipinski definition) is 2. The molecule has 5 nitrogen and oxygen atoms in total. The summed E-state index contributed by atoms with van der Waals surface area (Å²) in [7, 11) is 1.72. The van der Waals surface area contributed by atoms with Gasteiger partial charge in [-0.25, -0.2) is 0 Å². The summed E-state index contributed by atoms with van der Waals surface area (Å²) in [5.41, 5.74) is 1.60. The summed E-state index contributed by atoms with van der Waals surface area (Å²) in [5, 5.41) is 6.21. The Labute approximate surface area is 177 Å². The summed E-state index contributed by atoms with van der Waals surface area (Å²) in [5.74, 6) is 1.67. The van der Waals surface area contributed by atoms with Crippen molar-refractivity contribution in [3.8, 4) is 0 Å². The maximum Gasteiger partial charge on any atom is 0.220 e. The molecule has 1 aliphatic rings. The van der Waals surface area contributed by atoms with Crippen LogP contribution in [0.3, 0.4) is 0 Å². The fraction of sp³-hybridized carbons (Fsp3) is 0.667. The van der Waals surface area contributed by atoms with Crippen LogP contribution >= 0.6 is 0 Å². The van der Waals surface area contributed by atoms with E-state index in [-0.39, 0.29) is 11.3 Å². The lowest BCUT2D eigenvalue weighted by Gasteiger charge is -2.34. The number of likely N-dealkylation sites (tertiary alicyclic amines) is 1. The molecule has 1 aliphatic heterocycles. The highest BCUT2D eigenvalue weighted by molar-refractivity contribution is 5.80. The number of guanidine groups is 1. The summed E-state index contributed by atoms with van der Waals surface area (Å²) in [6.07, 6.45) is 6.24. The van der Waals surface area contributed by atoms with Gasteiger partial charge >= 0.3 is 0 Å². The third-order valence-corrected chi connectivity index (χ3v) is 5.82. The predicted molar refractivity (Wildman–Crippen MR) is 122 cm³/mol. The smallest absolute Gasteiger partial charge is 0.220 e. The maximum atomic E-state index is 11.6. The van der Waals surface area contributed by atoms with Crippen molar-refractivity contribution in [2.75, 3.05) is 33.2 Å². The van der Waals surface area contributed by atoms with Gasteiger partial charge in [0.15, 0.2) is 5.96 Å². The molecule has 2 N–H and O–H groups in total. The molecule has 5 heteroatoms. The molecule has 1 heterocycles. The molecule has 1 aromatic carbocycles. The molecular formula is C24H40N4O. The second-order valence-corrected chi connectivity index (χ2v) is 8.98. The van der Waals surface area contributed by atoms with Crippen LogP contribution in [0.25, 0.3) is 0 Å². The van der Waals surface area contributed by atoms with Crippen LogP contribution in [-0.2, 0) is 11.2 Å². The van der Waals surface area contributed by atoms with Crippen molar-refractivity contribution in [3.05, 3.63) is 35.9 Å². The third kappa shape index (κ3) is 8.46. The molecule has 0 aromatic heterocycles. The first-order chi connectivity index (χ1) is 13.9.